The van der Waals surface area contributed by atoms with Crippen molar-refractivity contribution >= 4 is 5.97 Å². The van der Waals surface area contributed by atoms with Gasteiger partial charge in [0.25, 0.3) is 0 Å². The Morgan fingerprint density at radius 1 is 1.32 bits per heavy atom. The highest BCUT2D eigenvalue weighted by molar-refractivity contribution is 5.76. The van der Waals surface area contributed by atoms with Crippen molar-refractivity contribution in [2.24, 2.45) is 22.9 Å². The largest absolute Gasteiger partial charge is 0.465 e. The van der Waals surface area contributed by atoms with Crippen LogP contribution in [0.4, 0.5) is 0 Å². The topological polar surface area (TPSA) is 55.7 Å². The lowest BCUT2D eigenvalue weighted by atomic mass is 9.96. The van der Waals surface area contributed by atoms with E-state index in [9.17, 15) is 9.70 Å². The Hall–Kier alpha value is -2.23. The van der Waals surface area contributed by atoms with Gasteiger partial charge in [-0.15, -0.1) is 4.91 Å². The van der Waals surface area contributed by atoms with Crippen molar-refractivity contribution in [3.8, 4) is 0 Å². The first-order chi connectivity index (χ1) is 12.1. The zero-order chi connectivity index (χ0) is 18.5. The molecule has 4 nitrogen and oxygen atoms in total. The van der Waals surface area contributed by atoms with Crippen LogP contribution < -0.4 is 0 Å². The van der Waals surface area contributed by atoms with Gasteiger partial charge in [-0.25, -0.2) is 0 Å². The van der Waals surface area contributed by atoms with Crippen LogP contribution in [0.2, 0.25) is 0 Å². The number of allylic oxidation sites excluding steroid dienone is 8. The lowest BCUT2D eigenvalue weighted by Crippen LogP contribution is -2.15. The SMILES string of the molecule is C/C=C\C(/C=C\C(C)/C=C(\C)N=O)C(=O)OCCCC1C=CC=CC1. The van der Waals surface area contributed by atoms with Gasteiger partial charge in [0.2, 0.25) is 0 Å². The maximum Gasteiger partial charge on any atom is 0.316 e. The van der Waals surface area contributed by atoms with Crippen LogP contribution in [0.15, 0.2) is 65.6 Å². The van der Waals surface area contributed by atoms with E-state index in [2.05, 4.69) is 29.5 Å². The van der Waals surface area contributed by atoms with E-state index in [0.29, 0.717) is 18.2 Å². The molecule has 0 heterocycles. The van der Waals surface area contributed by atoms with E-state index in [1.165, 1.54) is 0 Å². The fourth-order valence-electron chi connectivity index (χ4n) is 2.65. The minimum Gasteiger partial charge on any atom is -0.465 e. The molecule has 0 aromatic rings. The molecular weight excluding hydrogens is 314 g/mol. The monoisotopic (exact) mass is 343 g/mol. The molecule has 0 saturated carbocycles. The fourth-order valence-corrected chi connectivity index (χ4v) is 2.65. The van der Waals surface area contributed by atoms with Crippen molar-refractivity contribution < 1.29 is 9.53 Å². The van der Waals surface area contributed by atoms with E-state index < -0.39 is 5.92 Å². The highest BCUT2D eigenvalue weighted by Crippen LogP contribution is 2.17. The molecule has 0 fully saturated rings. The summed E-state index contributed by atoms with van der Waals surface area (Å²) < 4.78 is 5.41. The van der Waals surface area contributed by atoms with Crippen LogP contribution in [-0.2, 0) is 9.53 Å². The molecule has 3 unspecified atom stereocenters. The van der Waals surface area contributed by atoms with Gasteiger partial charge in [0.15, 0.2) is 0 Å². The molecule has 25 heavy (non-hydrogen) atoms. The number of carbonyl (C=O) groups excluding carboxylic acids is 1. The highest BCUT2D eigenvalue weighted by Gasteiger charge is 2.14. The first-order valence-electron chi connectivity index (χ1n) is 8.89. The predicted octanol–water partition coefficient (Wildman–Crippen LogP) is 5.50. The lowest BCUT2D eigenvalue weighted by Gasteiger charge is -2.13. The summed E-state index contributed by atoms with van der Waals surface area (Å²) in [6.45, 7) is 5.92. The molecule has 0 spiro atoms. The normalized spacial score (nSPS) is 20.1. The van der Waals surface area contributed by atoms with Gasteiger partial charge < -0.3 is 4.74 Å². The maximum atomic E-state index is 12.2. The first kappa shape index (κ1) is 20.8. The van der Waals surface area contributed by atoms with Gasteiger partial charge in [0.05, 0.1) is 18.2 Å². The molecular formula is C21H29NO3. The standard InChI is InChI=1S/C21H29NO3/c1-4-9-20(14-13-17(2)16-18(3)22-24)21(23)25-15-8-12-19-10-6-5-7-11-19/h4-7,9-10,13-14,16-17,19-20H,8,11-12,15H2,1-3H3/b9-4-,14-13-,18-16+. The van der Waals surface area contributed by atoms with E-state index in [1.807, 2.05) is 38.2 Å². The van der Waals surface area contributed by atoms with Gasteiger partial charge in [-0.2, -0.15) is 0 Å². The minimum absolute atomic E-state index is 0.0319. The molecule has 136 valence electrons. The van der Waals surface area contributed by atoms with Crippen molar-refractivity contribution in [1.82, 2.24) is 0 Å². The van der Waals surface area contributed by atoms with Crippen LogP contribution in [0.3, 0.4) is 0 Å². The van der Waals surface area contributed by atoms with Gasteiger partial charge in [0, 0.05) is 0 Å². The third-order valence-corrected chi connectivity index (χ3v) is 3.97. The summed E-state index contributed by atoms with van der Waals surface area (Å²) in [4.78, 5) is 22.7. The van der Waals surface area contributed by atoms with Crippen LogP contribution in [0.1, 0.15) is 40.0 Å². The Bertz CT molecular complexity index is 570. The number of hydrogen-bond donors (Lipinski definition) is 0. The molecule has 4 heteroatoms. The number of rotatable bonds is 10. The Labute approximate surface area is 151 Å². The van der Waals surface area contributed by atoms with Crippen molar-refractivity contribution in [1.29, 1.82) is 0 Å². The number of esters is 1. The summed E-state index contributed by atoms with van der Waals surface area (Å²) in [5.41, 5.74) is 0.439. The number of nitroso groups, excluding NO2 is 1. The first-order valence-corrected chi connectivity index (χ1v) is 8.89. The van der Waals surface area contributed by atoms with Crippen LogP contribution >= 0.6 is 0 Å². The Morgan fingerprint density at radius 2 is 2.12 bits per heavy atom. The second kappa shape index (κ2) is 12.2. The van der Waals surface area contributed by atoms with Gasteiger partial charge in [-0.1, -0.05) is 61.6 Å². The lowest BCUT2D eigenvalue weighted by molar-refractivity contribution is -0.145. The smallest absolute Gasteiger partial charge is 0.316 e. The second-order valence-electron chi connectivity index (χ2n) is 6.31. The molecule has 1 rings (SSSR count). The van der Waals surface area contributed by atoms with Crippen LogP contribution in [0.5, 0.6) is 0 Å². The zero-order valence-corrected chi connectivity index (χ0v) is 15.4. The second-order valence-corrected chi connectivity index (χ2v) is 6.31. The van der Waals surface area contributed by atoms with Crippen molar-refractivity contribution in [3.05, 3.63) is 65.3 Å². The van der Waals surface area contributed by atoms with E-state index in [4.69, 9.17) is 4.74 Å². The Morgan fingerprint density at radius 3 is 2.76 bits per heavy atom. The Kier molecular flexibility index (Phi) is 10.1. The zero-order valence-electron chi connectivity index (χ0n) is 15.4. The maximum absolute atomic E-state index is 12.2. The Balaban J connectivity index is 2.43. The molecule has 0 aromatic heterocycles. The van der Waals surface area contributed by atoms with Crippen LogP contribution in [-0.4, -0.2) is 12.6 Å². The van der Waals surface area contributed by atoms with Gasteiger partial charge >= 0.3 is 5.97 Å². The molecule has 1 aliphatic carbocycles. The summed E-state index contributed by atoms with van der Waals surface area (Å²) in [6, 6.07) is 0. The third kappa shape index (κ3) is 8.99. The van der Waals surface area contributed by atoms with Crippen molar-refractivity contribution in [3.63, 3.8) is 0 Å². The van der Waals surface area contributed by atoms with Crippen molar-refractivity contribution in [2.45, 2.75) is 40.0 Å². The summed E-state index contributed by atoms with van der Waals surface area (Å²) >= 11 is 0. The van der Waals surface area contributed by atoms with Crippen LogP contribution in [0, 0.1) is 22.7 Å². The third-order valence-electron chi connectivity index (χ3n) is 3.97. The summed E-state index contributed by atoms with van der Waals surface area (Å²) in [7, 11) is 0. The molecule has 0 saturated heterocycles. The quantitative estimate of drug-likeness (QED) is 0.228. The van der Waals surface area contributed by atoms with E-state index in [-0.39, 0.29) is 11.9 Å². The van der Waals surface area contributed by atoms with Gasteiger partial charge in [0.1, 0.15) is 0 Å². The van der Waals surface area contributed by atoms with E-state index >= 15 is 0 Å². The van der Waals surface area contributed by atoms with Gasteiger partial charge in [-0.05, 0) is 50.1 Å². The molecule has 0 N–H and O–H groups in total. The predicted molar refractivity (Wildman–Crippen MR) is 103 cm³/mol. The number of nitrogens with zero attached hydrogens (tertiary/aromatic N) is 1. The molecule has 0 amide bonds. The van der Waals surface area contributed by atoms with Gasteiger partial charge in [-0.3, -0.25) is 4.79 Å². The van der Waals surface area contributed by atoms with E-state index in [1.54, 1.807) is 13.0 Å². The highest BCUT2D eigenvalue weighted by atomic mass is 16.5. The summed E-state index contributed by atoms with van der Waals surface area (Å²) in [5.74, 6) is -0.0562. The molecule has 3 atom stereocenters. The average molecular weight is 343 g/mol. The van der Waals surface area contributed by atoms with Crippen LogP contribution in [0.25, 0.3) is 0 Å². The van der Waals surface area contributed by atoms with E-state index in [0.717, 1.165) is 19.3 Å². The molecule has 0 radical (unpaired) electrons. The number of ether oxygens (including phenoxy) is 1. The minimum atomic E-state index is -0.400. The summed E-state index contributed by atoms with van der Waals surface area (Å²) in [5, 5.41) is 2.88. The molecule has 0 bridgehead atoms. The molecule has 0 aliphatic heterocycles. The number of carbonyl (C=O) groups is 1. The average Bonchev–Trinajstić information content (AvgIpc) is 2.62. The molecule has 0 aromatic carbocycles. The molecule has 1 aliphatic rings. The summed E-state index contributed by atoms with van der Waals surface area (Å²) in [6.07, 6.45) is 20.6. The fraction of sp³-hybridized carbons (Fsp3) is 0.476. The number of hydrogen-bond acceptors (Lipinski definition) is 4. The van der Waals surface area contributed by atoms with Crippen molar-refractivity contribution in [2.75, 3.05) is 6.61 Å².